The highest BCUT2D eigenvalue weighted by Gasteiger charge is 2.46. The molecule has 0 atom stereocenters. The minimum atomic E-state index is -0.00853. The van der Waals surface area contributed by atoms with Gasteiger partial charge in [-0.1, -0.05) is 147 Å². The van der Waals surface area contributed by atoms with Crippen LogP contribution in [-0.4, -0.2) is 6.71 Å². The number of thiophene rings is 1. The van der Waals surface area contributed by atoms with Crippen molar-refractivity contribution in [2.24, 2.45) is 0 Å². The molecule has 3 heterocycles. The lowest BCUT2D eigenvalue weighted by atomic mass is 9.36. The molecule has 0 N–H and O–H groups in total. The van der Waals surface area contributed by atoms with E-state index in [1.54, 1.807) is 0 Å². The molecule has 292 valence electrons. The van der Waals surface area contributed by atoms with Crippen molar-refractivity contribution in [2.75, 3.05) is 9.80 Å². The molecular weight excluding hydrogens is 731 g/mol. The maximum Gasteiger partial charge on any atom is 0.264 e. The van der Waals surface area contributed by atoms with E-state index in [-0.39, 0.29) is 23.0 Å². The number of anilines is 6. The second-order valence-electron chi connectivity index (χ2n) is 20.0. The Morgan fingerprint density at radius 3 is 1.69 bits per heavy atom. The van der Waals surface area contributed by atoms with Crippen molar-refractivity contribution < 1.29 is 0 Å². The molecule has 0 aliphatic carbocycles. The molecule has 0 unspecified atom stereocenters. The summed E-state index contributed by atoms with van der Waals surface area (Å²) in [5, 5.41) is 3.86. The van der Waals surface area contributed by atoms with Gasteiger partial charge in [-0.25, -0.2) is 0 Å². The van der Waals surface area contributed by atoms with Crippen molar-refractivity contribution in [1.82, 2.24) is 0 Å². The minimum absolute atomic E-state index is 0.00573. The summed E-state index contributed by atoms with van der Waals surface area (Å²) in [4.78, 5) is 5.21. The van der Waals surface area contributed by atoms with Crippen LogP contribution in [0.3, 0.4) is 0 Å². The average Bonchev–Trinajstić information content (AvgIpc) is 3.56. The summed E-state index contributed by atoms with van der Waals surface area (Å²) < 4.78 is 2.73. The molecule has 10 rings (SSSR count). The molecule has 0 saturated heterocycles. The van der Waals surface area contributed by atoms with Crippen molar-refractivity contribution in [1.29, 1.82) is 0 Å². The molecule has 2 aliphatic heterocycles. The number of fused-ring (bicyclic) bond motifs is 7. The quantitative estimate of drug-likeness (QED) is 0.165. The van der Waals surface area contributed by atoms with E-state index in [0.717, 1.165) is 0 Å². The number of nitrogens with zero attached hydrogens (tertiary/aromatic N) is 2. The molecule has 0 radical (unpaired) electrons. The van der Waals surface area contributed by atoms with Gasteiger partial charge < -0.3 is 9.80 Å². The maximum absolute atomic E-state index is 2.65. The van der Waals surface area contributed by atoms with E-state index >= 15 is 0 Å². The van der Waals surface area contributed by atoms with E-state index in [0.29, 0.717) is 0 Å². The normalized spacial score (nSPS) is 13.8. The third-order valence-corrected chi connectivity index (χ3v) is 13.9. The Balaban J connectivity index is 1.34. The zero-order valence-corrected chi connectivity index (χ0v) is 37.0. The largest absolute Gasteiger partial charge is 0.311 e. The van der Waals surface area contributed by atoms with E-state index in [4.69, 9.17) is 0 Å². The Morgan fingerprint density at radius 1 is 0.492 bits per heavy atom. The molecule has 0 fully saturated rings. The molecule has 2 aliphatic rings. The first-order chi connectivity index (χ1) is 28.1. The van der Waals surface area contributed by atoms with Crippen LogP contribution in [0.5, 0.6) is 0 Å². The third-order valence-electron chi connectivity index (χ3n) is 12.7. The molecule has 7 aromatic carbocycles. The number of rotatable bonds is 3. The first kappa shape index (κ1) is 37.7. The van der Waals surface area contributed by atoms with Crippen LogP contribution in [0.15, 0.2) is 140 Å². The van der Waals surface area contributed by atoms with Crippen LogP contribution in [0.25, 0.3) is 32.0 Å². The fourth-order valence-corrected chi connectivity index (χ4v) is 10.8. The third kappa shape index (κ3) is 6.13. The van der Waals surface area contributed by atoms with E-state index in [2.05, 4.69) is 219 Å². The Hall–Kier alpha value is -5.58. The van der Waals surface area contributed by atoms with Gasteiger partial charge in [-0.15, -0.1) is 11.3 Å². The number of hydrogen-bond acceptors (Lipinski definition) is 3. The summed E-state index contributed by atoms with van der Waals surface area (Å²) in [7, 11) is 0. The van der Waals surface area contributed by atoms with Gasteiger partial charge in [-0.05, 0) is 127 Å². The van der Waals surface area contributed by atoms with Crippen LogP contribution in [0.1, 0.15) is 84.6 Å². The van der Waals surface area contributed by atoms with Crippen LogP contribution in [0, 0.1) is 6.92 Å². The number of hydrogen-bond donors (Lipinski definition) is 0. The Morgan fingerprint density at radius 2 is 1.05 bits per heavy atom. The monoisotopic (exact) mass is 784 g/mol. The zero-order chi connectivity index (χ0) is 41.2. The standard InChI is InChI=1S/C55H53BN2S/c1-34-28-47-50-48(29-34)58(45-26-22-39(54(5,6)7)32-42(45)35-16-12-11-13-17-35)51-43-30-36-18-14-15-19-37(36)31-49(43)59-52(51)56(50)44-33-40(55(8,9)10)23-27-46(44)57(47)41-24-20-38(21-25-41)53(2,3)4/h11-33H,1-10H3. The predicted molar refractivity (Wildman–Crippen MR) is 260 cm³/mol. The lowest BCUT2D eigenvalue weighted by Crippen LogP contribution is -2.60. The predicted octanol–water partition coefficient (Wildman–Crippen LogP) is 14.0. The van der Waals surface area contributed by atoms with Crippen molar-refractivity contribution in [3.63, 3.8) is 0 Å². The minimum Gasteiger partial charge on any atom is -0.311 e. The average molecular weight is 785 g/mol. The molecule has 8 aromatic rings. The second-order valence-corrected chi connectivity index (χ2v) is 21.1. The van der Waals surface area contributed by atoms with E-state index in [1.807, 2.05) is 11.3 Å². The van der Waals surface area contributed by atoms with Gasteiger partial charge in [0.25, 0.3) is 6.71 Å². The van der Waals surface area contributed by atoms with Crippen LogP contribution >= 0.6 is 11.3 Å². The summed E-state index contributed by atoms with van der Waals surface area (Å²) in [5.41, 5.74) is 18.0. The molecule has 1 aromatic heterocycles. The van der Waals surface area contributed by atoms with Crippen LogP contribution < -0.4 is 25.5 Å². The van der Waals surface area contributed by atoms with Crippen LogP contribution in [0.4, 0.5) is 34.1 Å². The molecule has 0 bridgehead atoms. The maximum atomic E-state index is 2.65. The summed E-state index contributed by atoms with van der Waals surface area (Å²) >= 11 is 1.98. The molecule has 0 saturated carbocycles. The molecule has 4 heteroatoms. The highest BCUT2D eigenvalue weighted by atomic mass is 32.1. The van der Waals surface area contributed by atoms with Gasteiger partial charge in [0, 0.05) is 43.2 Å². The summed E-state index contributed by atoms with van der Waals surface area (Å²) in [5.74, 6) is 0. The molecule has 0 amide bonds. The van der Waals surface area contributed by atoms with Crippen LogP contribution in [0.2, 0.25) is 0 Å². The Bertz CT molecular complexity index is 2950. The highest BCUT2D eigenvalue weighted by Crippen LogP contribution is 2.51. The van der Waals surface area contributed by atoms with Gasteiger partial charge in [-0.3, -0.25) is 0 Å². The van der Waals surface area contributed by atoms with Gasteiger partial charge in [0.15, 0.2) is 0 Å². The fraction of sp³-hybridized carbons (Fsp3) is 0.236. The number of benzene rings is 7. The zero-order valence-electron chi connectivity index (χ0n) is 36.2. The van der Waals surface area contributed by atoms with Gasteiger partial charge in [0.2, 0.25) is 0 Å². The lowest BCUT2D eigenvalue weighted by Gasteiger charge is -2.44. The van der Waals surface area contributed by atoms with Crippen molar-refractivity contribution >= 4 is 88.7 Å². The second kappa shape index (κ2) is 13.2. The van der Waals surface area contributed by atoms with E-state index < -0.39 is 0 Å². The fourth-order valence-electron chi connectivity index (χ4n) is 9.46. The number of aryl methyl sites for hydroxylation is 1. The first-order valence-electron chi connectivity index (χ1n) is 21.2. The Labute approximate surface area is 355 Å². The van der Waals surface area contributed by atoms with Gasteiger partial charge >= 0.3 is 0 Å². The first-order valence-corrected chi connectivity index (χ1v) is 22.0. The SMILES string of the molecule is Cc1cc2c3c(c1)N(c1ccc(C(C)(C)C)cc1-c1ccccc1)c1c(sc4cc5ccccc5cc14)B3c1cc(C(C)(C)C)ccc1N2c1ccc(C(C)(C)C)cc1. The molecule has 59 heavy (non-hydrogen) atoms. The topological polar surface area (TPSA) is 6.48 Å². The van der Waals surface area contributed by atoms with E-state index in [1.165, 1.54) is 104 Å². The Kier molecular flexibility index (Phi) is 8.44. The van der Waals surface area contributed by atoms with Gasteiger partial charge in [-0.2, -0.15) is 0 Å². The molecule has 2 nitrogen and oxygen atoms in total. The highest BCUT2D eigenvalue weighted by molar-refractivity contribution is 7.33. The van der Waals surface area contributed by atoms with Gasteiger partial charge in [0.1, 0.15) is 0 Å². The van der Waals surface area contributed by atoms with Crippen molar-refractivity contribution in [2.45, 2.75) is 85.5 Å². The van der Waals surface area contributed by atoms with Crippen LogP contribution in [-0.2, 0) is 16.2 Å². The molecule has 0 spiro atoms. The summed E-state index contributed by atoms with van der Waals surface area (Å²) in [6.45, 7) is 23.2. The van der Waals surface area contributed by atoms with Crippen molar-refractivity contribution in [3.8, 4) is 11.1 Å². The molecular formula is C55H53BN2S. The smallest absolute Gasteiger partial charge is 0.264 e. The summed E-state index contributed by atoms with van der Waals surface area (Å²) in [6, 6.07) is 53.6. The van der Waals surface area contributed by atoms with E-state index in [9.17, 15) is 0 Å². The van der Waals surface area contributed by atoms with Crippen molar-refractivity contribution in [3.05, 3.63) is 162 Å². The lowest BCUT2D eigenvalue weighted by molar-refractivity contribution is 0.590. The van der Waals surface area contributed by atoms with Gasteiger partial charge in [0.05, 0.1) is 11.4 Å². The summed E-state index contributed by atoms with van der Waals surface area (Å²) in [6.07, 6.45) is 0.